The van der Waals surface area contributed by atoms with E-state index >= 15 is 0 Å². The first kappa shape index (κ1) is 21.7. The SMILES string of the molecule is COCC(=O)N1CCN(C(=O)c2cccc(F)c2)C(C(=O)NC2CCCNC2=O)C1. The summed E-state index contributed by atoms with van der Waals surface area (Å²) in [6.45, 7) is 0.690. The average Bonchev–Trinajstić information content (AvgIpc) is 2.74. The molecule has 10 heteroatoms. The van der Waals surface area contributed by atoms with Gasteiger partial charge in [0, 0.05) is 32.3 Å². The predicted octanol–water partition coefficient (Wildman–Crippen LogP) is -0.480. The molecular weight excluding hydrogens is 395 g/mol. The van der Waals surface area contributed by atoms with Crippen LogP contribution < -0.4 is 10.6 Å². The summed E-state index contributed by atoms with van der Waals surface area (Å²) in [4.78, 5) is 53.1. The number of amides is 4. The maximum Gasteiger partial charge on any atom is 0.254 e. The van der Waals surface area contributed by atoms with Crippen LogP contribution >= 0.6 is 0 Å². The highest BCUT2D eigenvalue weighted by atomic mass is 19.1. The van der Waals surface area contributed by atoms with Crippen LogP contribution in [0.15, 0.2) is 24.3 Å². The van der Waals surface area contributed by atoms with Crippen LogP contribution in [0.4, 0.5) is 4.39 Å². The van der Waals surface area contributed by atoms with Crippen LogP contribution in [0, 0.1) is 5.82 Å². The van der Waals surface area contributed by atoms with E-state index in [0.717, 1.165) is 12.5 Å². The molecule has 2 atom stereocenters. The summed E-state index contributed by atoms with van der Waals surface area (Å²) < 4.78 is 18.5. The maximum absolute atomic E-state index is 13.6. The summed E-state index contributed by atoms with van der Waals surface area (Å²) in [5.74, 6) is -2.18. The number of benzene rings is 1. The molecule has 3 rings (SSSR count). The van der Waals surface area contributed by atoms with Gasteiger partial charge in [-0.05, 0) is 31.0 Å². The number of carbonyl (C=O) groups is 4. The molecule has 2 aliphatic heterocycles. The van der Waals surface area contributed by atoms with E-state index in [1.807, 2.05) is 0 Å². The highest BCUT2D eigenvalue weighted by molar-refractivity contribution is 5.99. The summed E-state index contributed by atoms with van der Waals surface area (Å²) in [5.41, 5.74) is 0.111. The first-order valence-corrected chi connectivity index (χ1v) is 9.82. The normalized spacial score (nSPS) is 21.7. The third kappa shape index (κ3) is 4.93. The summed E-state index contributed by atoms with van der Waals surface area (Å²) >= 11 is 0. The van der Waals surface area contributed by atoms with Gasteiger partial charge in [0.2, 0.25) is 17.7 Å². The Bertz CT molecular complexity index is 833. The van der Waals surface area contributed by atoms with Crippen LogP contribution in [0.1, 0.15) is 23.2 Å². The first-order valence-electron chi connectivity index (χ1n) is 9.82. The van der Waals surface area contributed by atoms with Gasteiger partial charge in [0.05, 0.1) is 6.54 Å². The van der Waals surface area contributed by atoms with E-state index < -0.39 is 29.7 Å². The molecule has 0 spiro atoms. The number of piperazine rings is 1. The van der Waals surface area contributed by atoms with Gasteiger partial charge in [-0.2, -0.15) is 0 Å². The molecule has 1 aromatic carbocycles. The molecule has 1 aromatic rings. The minimum Gasteiger partial charge on any atom is -0.375 e. The molecule has 4 amide bonds. The molecule has 0 aliphatic carbocycles. The number of hydrogen-bond donors (Lipinski definition) is 2. The van der Waals surface area contributed by atoms with Gasteiger partial charge in [-0.3, -0.25) is 19.2 Å². The largest absolute Gasteiger partial charge is 0.375 e. The van der Waals surface area contributed by atoms with Crippen LogP contribution in [-0.2, 0) is 19.1 Å². The Balaban J connectivity index is 1.80. The van der Waals surface area contributed by atoms with Crippen LogP contribution in [0.2, 0.25) is 0 Å². The van der Waals surface area contributed by atoms with Crippen LogP contribution in [0.3, 0.4) is 0 Å². The van der Waals surface area contributed by atoms with Crippen molar-refractivity contribution in [3.63, 3.8) is 0 Å². The number of methoxy groups -OCH3 is 1. The van der Waals surface area contributed by atoms with E-state index in [-0.39, 0.29) is 43.6 Å². The Morgan fingerprint density at radius 1 is 1.30 bits per heavy atom. The van der Waals surface area contributed by atoms with Gasteiger partial charge in [0.15, 0.2) is 0 Å². The highest BCUT2D eigenvalue weighted by Gasteiger charge is 2.38. The molecule has 2 saturated heterocycles. The maximum atomic E-state index is 13.6. The number of carbonyl (C=O) groups excluding carboxylic acids is 4. The Hall–Kier alpha value is -3.01. The van der Waals surface area contributed by atoms with Crippen molar-refractivity contribution >= 4 is 23.6 Å². The molecule has 2 fully saturated rings. The smallest absolute Gasteiger partial charge is 0.254 e. The molecule has 2 aliphatic rings. The Labute approximate surface area is 173 Å². The van der Waals surface area contributed by atoms with Crippen molar-refractivity contribution in [3.05, 3.63) is 35.6 Å². The molecule has 9 nitrogen and oxygen atoms in total. The summed E-state index contributed by atoms with van der Waals surface area (Å²) in [5, 5.41) is 5.38. The van der Waals surface area contributed by atoms with Gasteiger partial charge in [-0.15, -0.1) is 0 Å². The van der Waals surface area contributed by atoms with Crippen molar-refractivity contribution in [3.8, 4) is 0 Å². The highest BCUT2D eigenvalue weighted by Crippen LogP contribution is 2.17. The zero-order valence-electron chi connectivity index (χ0n) is 16.7. The number of rotatable bonds is 5. The lowest BCUT2D eigenvalue weighted by molar-refractivity contribution is -0.141. The molecular formula is C20H25FN4O5. The van der Waals surface area contributed by atoms with E-state index in [4.69, 9.17) is 4.74 Å². The molecule has 0 radical (unpaired) electrons. The van der Waals surface area contributed by atoms with E-state index in [0.29, 0.717) is 13.0 Å². The van der Waals surface area contributed by atoms with Crippen molar-refractivity contribution in [2.45, 2.75) is 24.9 Å². The molecule has 2 heterocycles. The molecule has 0 saturated carbocycles. The zero-order valence-corrected chi connectivity index (χ0v) is 16.7. The third-order valence-electron chi connectivity index (χ3n) is 5.24. The lowest BCUT2D eigenvalue weighted by atomic mass is 10.0. The molecule has 0 bridgehead atoms. The van der Waals surface area contributed by atoms with Crippen LogP contribution in [0.25, 0.3) is 0 Å². The molecule has 30 heavy (non-hydrogen) atoms. The quantitative estimate of drug-likeness (QED) is 0.669. The summed E-state index contributed by atoms with van der Waals surface area (Å²) in [7, 11) is 1.40. The van der Waals surface area contributed by atoms with Crippen molar-refractivity contribution in [1.82, 2.24) is 20.4 Å². The Kier molecular flexibility index (Phi) is 6.99. The minimum absolute atomic E-state index is 0.0383. The minimum atomic E-state index is -1.01. The predicted molar refractivity (Wildman–Crippen MR) is 104 cm³/mol. The Morgan fingerprint density at radius 2 is 2.10 bits per heavy atom. The second-order valence-electron chi connectivity index (χ2n) is 7.29. The van der Waals surface area contributed by atoms with Gasteiger partial charge in [0.1, 0.15) is 24.5 Å². The van der Waals surface area contributed by atoms with Crippen LogP contribution in [0.5, 0.6) is 0 Å². The molecule has 0 aromatic heterocycles. The van der Waals surface area contributed by atoms with E-state index in [2.05, 4.69) is 10.6 Å². The number of halogens is 1. The van der Waals surface area contributed by atoms with E-state index in [9.17, 15) is 23.6 Å². The number of ether oxygens (including phenoxy) is 1. The fourth-order valence-electron chi connectivity index (χ4n) is 3.66. The second-order valence-corrected chi connectivity index (χ2v) is 7.29. The average molecular weight is 420 g/mol. The second kappa shape index (κ2) is 9.66. The number of nitrogens with zero attached hydrogens (tertiary/aromatic N) is 2. The lowest BCUT2D eigenvalue weighted by Gasteiger charge is -2.41. The van der Waals surface area contributed by atoms with Crippen molar-refractivity contribution in [2.24, 2.45) is 0 Å². The van der Waals surface area contributed by atoms with Gasteiger partial charge >= 0.3 is 0 Å². The Morgan fingerprint density at radius 3 is 2.80 bits per heavy atom. The standard InChI is InChI=1S/C20H25FN4O5/c1-30-12-17(26)24-8-9-25(20(29)13-4-2-5-14(21)10-13)16(11-24)19(28)23-15-6-3-7-22-18(15)27/h2,4-5,10,15-16H,3,6-9,11-12H2,1H3,(H,22,27)(H,23,28). The van der Waals surface area contributed by atoms with Gasteiger partial charge in [-0.1, -0.05) is 6.07 Å². The van der Waals surface area contributed by atoms with Crippen LogP contribution in [-0.4, -0.2) is 85.4 Å². The number of nitrogens with one attached hydrogen (secondary N) is 2. The van der Waals surface area contributed by atoms with Gasteiger partial charge in [-0.25, -0.2) is 4.39 Å². The fraction of sp³-hybridized carbons (Fsp3) is 0.500. The number of piperidine rings is 1. The lowest BCUT2D eigenvalue weighted by Crippen LogP contribution is -2.63. The molecule has 2 unspecified atom stereocenters. The number of hydrogen-bond acceptors (Lipinski definition) is 5. The summed E-state index contributed by atoms with van der Waals surface area (Å²) in [6, 6.07) is 3.52. The fourth-order valence-corrected chi connectivity index (χ4v) is 3.66. The zero-order chi connectivity index (χ0) is 21.7. The van der Waals surface area contributed by atoms with Gasteiger partial charge < -0.3 is 25.2 Å². The van der Waals surface area contributed by atoms with E-state index in [1.54, 1.807) is 0 Å². The van der Waals surface area contributed by atoms with E-state index in [1.165, 1.54) is 35.1 Å². The monoisotopic (exact) mass is 420 g/mol. The summed E-state index contributed by atoms with van der Waals surface area (Å²) in [6.07, 6.45) is 1.22. The topological polar surface area (TPSA) is 108 Å². The third-order valence-corrected chi connectivity index (χ3v) is 5.24. The molecule has 162 valence electrons. The van der Waals surface area contributed by atoms with Crippen molar-refractivity contribution < 1.29 is 28.3 Å². The van der Waals surface area contributed by atoms with Crippen molar-refractivity contribution in [1.29, 1.82) is 0 Å². The molecule has 2 N–H and O–H groups in total. The van der Waals surface area contributed by atoms with Gasteiger partial charge in [0.25, 0.3) is 5.91 Å². The van der Waals surface area contributed by atoms with Crippen molar-refractivity contribution in [2.75, 3.05) is 39.9 Å². The first-order chi connectivity index (χ1) is 14.4.